The summed E-state index contributed by atoms with van der Waals surface area (Å²) < 4.78 is 7.71. The van der Waals surface area contributed by atoms with Crippen molar-refractivity contribution in [3.05, 3.63) is 114 Å². The highest BCUT2D eigenvalue weighted by atomic mass is 16.5. The van der Waals surface area contributed by atoms with E-state index in [4.69, 9.17) is 4.74 Å². The zero-order chi connectivity index (χ0) is 22.5. The van der Waals surface area contributed by atoms with E-state index in [0.29, 0.717) is 19.9 Å². The fraction of sp³-hybridized carbons (Fsp3) is 0.179. The van der Waals surface area contributed by atoms with Crippen LogP contribution in [0.15, 0.2) is 97.3 Å². The molecule has 0 radical (unpaired) electrons. The number of hydrogen-bond donors (Lipinski definition) is 1. The van der Waals surface area contributed by atoms with Gasteiger partial charge in [0.2, 0.25) is 0 Å². The molecule has 1 N–H and O–H groups in total. The SMILES string of the molecule is O=C(Cn1cccc1)N1c2ccccc2CCc2ccc(NCOCc3ccccc3)cc21. The summed E-state index contributed by atoms with van der Waals surface area (Å²) in [5.41, 5.74) is 6.33. The largest absolute Gasteiger partial charge is 0.363 e. The van der Waals surface area contributed by atoms with Crippen LogP contribution in [0.25, 0.3) is 0 Å². The number of nitrogens with one attached hydrogen (secondary N) is 1. The molecule has 1 aliphatic rings. The minimum Gasteiger partial charge on any atom is -0.363 e. The lowest BCUT2D eigenvalue weighted by molar-refractivity contribution is -0.118. The molecule has 166 valence electrons. The lowest BCUT2D eigenvalue weighted by Gasteiger charge is -2.26. The molecular formula is C28H27N3O2. The van der Waals surface area contributed by atoms with Crippen LogP contribution in [0.2, 0.25) is 0 Å². The number of para-hydroxylation sites is 1. The molecule has 0 fully saturated rings. The number of anilines is 3. The van der Waals surface area contributed by atoms with Crippen LogP contribution in [0.4, 0.5) is 17.1 Å². The molecule has 0 spiro atoms. The van der Waals surface area contributed by atoms with Gasteiger partial charge in [-0.3, -0.25) is 9.69 Å². The van der Waals surface area contributed by atoms with Gasteiger partial charge in [-0.15, -0.1) is 0 Å². The van der Waals surface area contributed by atoms with Gasteiger partial charge < -0.3 is 14.6 Å². The molecule has 1 aliphatic heterocycles. The Kier molecular flexibility index (Phi) is 6.22. The van der Waals surface area contributed by atoms with Crippen LogP contribution in [-0.2, 0) is 35.5 Å². The minimum absolute atomic E-state index is 0.0410. The van der Waals surface area contributed by atoms with Gasteiger partial charge in [0.25, 0.3) is 5.91 Å². The average molecular weight is 438 g/mol. The van der Waals surface area contributed by atoms with Crippen LogP contribution >= 0.6 is 0 Å². The molecule has 33 heavy (non-hydrogen) atoms. The van der Waals surface area contributed by atoms with Gasteiger partial charge in [0, 0.05) is 18.1 Å². The van der Waals surface area contributed by atoms with E-state index in [1.807, 2.05) is 82.5 Å². The Labute approximate surface area is 194 Å². The van der Waals surface area contributed by atoms with E-state index in [0.717, 1.165) is 35.5 Å². The second-order valence-electron chi connectivity index (χ2n) is 8.21. The summed E-state index contributed by atoms with van der Waals surface area (Å²) in [6, 6.07) is 28.5. The Balaban J connectivity index is 1.38. The van der Waals surface area contributed by atoms with Gasteiger partial charge in [0.1, 0.15) is 13.3 Å². The third-order valence-electron chi connectivity index (χ3n) is 5.95. The third kappa shape index (κ3) is 4.83. The van der Waals surface area contributed by atoms with Crippen molar-refractivity contribution in [2.45, 2.75) is 26.0 Å². The third-order valence-corrected chi connectivity index (χ3v) is 5.95. The van der Waals surface area contributed by atoms with Gasteiger partial charge in [-0.05, 0) is 59.9 Å². The monoisotopic (exact) mass is 437 g/mol. The second-order valence-corrected chi connectivity index (χ2v) is 8.21. The van der Waals surface area contributed by atoms with Crippen LogP contribution in [-0.4, -0.2) is 17.2 Å². The molecule has 4 aromatic rings. The zero-order valence-corrected chi connectivity index (χ0v) is 18.5. The Bertz CT molecular complexity index is 1220. The van der Waals surface area contributed by atoms with E-state index in [-0.39, 0.29) is 5.91 Å². The van der Waals surface area contributed by atoms with Crippen LogP contribution < -0.4 is 10.2 Å². The number of carbonyl (C=O) groups excluding carboxylic acids is 1. The Morgan fingerprint density at radius 1 is 0.818 bits per heavy atom. The number of ether oxygens (including phenoxy) is 1. The van der Waals surface area contributed by atoms with E-state index in [9.17, 15) is 4.79 Å². The van der Waals surface area contributed by atoms with Crippen molar-refractivity contribution in [2.75, 3.05) is 16.9 Å². The van der Waals surface area contributed by atoms with Crippen molar-refractivity contribution in [1.29, 1.82) is 0 Å². The molecule has 5 heteroatoms. The maximum atomic E-state index is 13.5. The first kappa shape index (κ1) is 21.0. The van der Waals surface area contributed by atoms with Crippen LogP contribution in [0, 0.1) is 0 Å². The van der Waals surface area contributed by atoms with Crippen molar-refractivity contribution in [2.24, 2.45) is 0 Å². The first-order valence-corrected chi connectivity index (χ1v) is 11.3. The highest BCUT2D eigenvalue weighted by Gasteiger charge is 2.26. The molecule has 1 aromatic heterocycles. The molecule has 5 nitrogen and oxygen atoms in total. The highest BCUT2D eigenvalue weighted by Crippen LogP contribution is 2.37. The van der Waals surface area contributed by atoms with Crippen LogP contribution in [0.3, 0.4) is 0 Å². The number of aryl methyl sites for hydroxylation is 2. The Morgan fingerprint density at radius 3 is 2.36 bits per heavy atom. The summed E-state index contributed by atoms with van der Waals surface area (Å²) >= 11 is 0. The van der Waals surface area contributed by atoms with Gasteiger partial charge in [-0.1, -0.05) is 54.6 Å². The molecule has 0 unspecified atom stereocenters. The molecule has 5 rings (SSSR count). The van der Waals surface area contributed by atoms with E-state index in [1.54, 1.807) is 0 Å². The standard InChI is InChI=1S/C28H27N3O2/c32-28(19-30-16-6-7-17-30)31-26-11-5-4-10-23(26)12-13-24-14-15-25(18-27(24)31)29-21-33-20-22-8-2-1-3-9-22/h1-11,14-18,29H,12-13,19-21H2. The number of hydrogen-bond acceptors (Lipinski definition) is 3. The topological polar surface area (TPSA) is 46.5 Å². The number of fused-ring (bicyclic) bond motifs is 2. The van der Waals surface area contributed by atoms with Crippen molar-refractivity contribution in [3.8, 4) is 0 Å². The van der Waals surface area contributed by atoms with E-state index >= 15 is 0 Å². The fourth-order valence-corrected chi connectivity index (χ4v) is 4.28. The lowest BCUT2D eigenvalue weighted by Crippen LogP contribution is -2.30. The number of carbonyl (C=O) groups is 1. The number of nitrogens with zero attached hydrogens (tertiary/aromatic N) is 2. The van der Waals surface area contributed by atoms with Gasteiger partial charge in [0.15, 0.2) is 0 Å². The van der Waals surface area contributed by atoms with Gasteiger partial charge in [-0.25, -0.2) is 0 Å². The molecule has 0 atom stereocenters. The first-order chi connectivity index (χ1) is 16.3. The predicted molar refractivity (Wildman–Crippen MR) is 132 cm³/mol. The van der Waals surface area contributed by atoms with Gasteiger partial charge in [0.05, 0.1) is 18.0 Å². The van der Waals surface area contributed by atoms with E-state index < -0.39 is 0 Å². The minimum atomic E-state index is 0.0410. The lowest BCUT2D eigenvalue weighted by atomic mass is 10.0. The maximum Gasteiger partial charge on any atom is 0.251 e. The van der Waals surface area contributed by atoms with Gasteiger partial charge >= 0.3 is 0 Å². The summed E-state index contributed by atoms with van der Waals surface area (Å²) in [4.78, 5) is 15.4. The summed E-state index contributed by atoms with van der Waals surface area (Å²) in [5, 5.41) is 3.35. The summed E-state index contributed by atoms with van der Waals surface area (Å²) in [7, 11) is 0. The Morgan fingerprint density at radius 2 is 1.55 bits per heavy atom. The van der Waals surface area contributed by atoms with Crippen LogP contribution in [0.1, 0.15) is 16.7 Å². The van der Waals surface area contributed by atoms with Crippen molar-refractivity contribution in [1.82, 2.24) is 4.57 Å². The highest BCUT2D eigenvalue weighted by molar-refractivity contribution is 6.02. The average Bonchev–Trinajstić information content (AvgIpc) is 3.29. The molecule has 0 saturated carbocycles. The number of amides is 1. The van der Waals surface area contributed by atoms with E-state index in [1.165, 1.54) is 11.1 Å². The molecule has 1 amide bonds. The van der Waals surface area contributed by atoms with Crippen molar-refractivity contribution < 1.29 is 9.53 Å². The maximum absolute atomic E-state index is 13.5. The smallest absolute Gasteiger partial charge is 0.251 e. The molecule has 0 bridgehead atoms. The quantitative estimate of drug-likeness (QED) is 0.305. The first-order valence-electron chi connectivity index (χ1n) is 11.3. The van der Waals surface area contributed by atoms with Crippen molar-refractivity contribution in [3.63, 3.8) is 0 Å². The molecule has 3 aromatic carbocycles. The molecule has 0 saturated heterocycles. The zero-order valence-electron chi connectivity index (χ0n) is 18.5. The van der Waals surface area contributed by atoms with Crippen molar-refractivity contribution >= 4 is 23.0 Å². The van der Waals surface area contributed by atoms with Crippen LogP contribution in [0.5, 0.6) is 0 Å². The number of rotatable bonds is 7. The molecule has 0 aliphatic carbocycles. The number of aromatic nitrogens is 1. The normalized spacial score (nSPS) is 12.5. The fourth-order valence-electron chi connectivity index (χ4n) is 4.28. The Hall–Kier alpha value is -3.83. The summed E-state index contributed by atoms with van der Waals surface area (Å²) in [5.74, 6) is 0.0410. The molecular weight excluding hydrogens is 410 g/mol. The summed E-state index contributed by atoms with van der Waals surface area (Å²) in [6.07, 6.45) is 5.64. The second kappa shape index (κ2) is 9.76. The predicted octanol–water partition coefficient (Wildman–Crippen LogP) is 5.54. The molecule has 2 heterocycles. The van der Waals surface area contributed by atoms with Gasteiger partial charge in [-0.2, -0.15) is 0 Å². The van der Waals surface area contributed by atoms with E-state index in [2.05, 4.69) is 29.6 Å². The summed E-state index contributed by atoms with van der Waals surface area (Å²) in [6.45, 7) is 1.23. The number of benzene rings is 3.